The summed E-state index contributed by atoms with van der Waals surface area (Å²) in [6.45, 7) is 0.480. The Labute approximate surface area is 230 Å². The first-order chi connectivity index (χ1) is 19.5. The van der Waals surface area contributed by atoms with Crippen LogP contribution in [0.3, 0.4) is 0 Å². The molecule has 0 saturated carbocycles. The van der Waals surface area contributed by atoms with E-state index in [1.54, 1.807) is 18.3 Å². The van der Waals surface area contributed by atoms with Crippen molar-refractivity contribution in [1.29, 1.82) is 0 Å². The summed E-state index contributed by atoms with van der Waals surface area (Å²) in [6, 6.07) is 20.5. The number of hydrogen-bond acceptors (Lipinski definition) is 7. The van der Waals surface area contributed by atoms with Crippen molar-refractivity contribution in [2.75, 3.05) is 24.4 Å². The number of rotatable bonds is 7. The van der Waals surface area contributed by atoms with Crippen LogP contribution < -0.4 is 20.1 Å². The SMILES string of the molecule is COc1cc(C2=CC3=C(CC2)C(=O)Nc2cc(CCOc4cccc5ncccc45)ccc2N3)ccc1[N+](=O)[O-]. The van der Waals surface area contributed by atoms with Gasteiger partial charge in [-0.05, 0) is 84.1 Å². The molecular formula is C31H26N4O5. The number of hydrogen-bond donors (Lipinski definition) is 2. The van der Waals surface area contributed by atoms with E-state index < -0.39 is 4.92 Å². The molecule has 1 aliphatic carbocycles. The van der Waals surface area contributed by atoms with Gasteiger partial charge < -0.3 is 20.1 Å². The zero-order valence-electron chi connectivity index (χ0n) is 21.8. The summed E-state index contributed by atoms with van der Waals surface area (Å²) in [5.41, 5.74) is 6.51. The van der Waals surface area contributed by atoms with Gasteiger partial charge >= 0.3 is 5.69 Å². The van der Waals surface area contributed by atoms with Crippen LogP contribution in [0, 0.1) is 10.1 Å². The van der Waals surface area contributed by atoms with E-state index in [1.807, 2.05) is 54.6 Å². The summed E-state index contributed by atoms with van der Waals surface area (Å²) in [6.07, 6.45) is 5.53. The molecule has 0 unspecified atom stereocenters. The van der Waals surface area contributed by atoms with Gasteiger partial charge in [0.15, 0.2) is 5.75 Å². The van der Waals surface area contributed by atoms with Gasteiger partial charge in [0.05, 0.1) is 35.5 Å². The third-order valence-electron chi connectivity index (χ3n) is 7.16. The average molecular weight is 535 g/mol. The van der Waals surface area contributed by atoms with Gasteiger partial charge in [0.1, 0.15) is 5.75 Å². The van der Waals surface area contributed by atoms with Crippen LogP contribution in [0.4, 0.5) is 17.1 Å². The van der Waals surface area contributed by atoms with Crippen molar-refractivity contribution in [3.8, 4) is 11.5 Å². The largest absolute Gasteiger partial charge is 0.493 e. The van der Waals surface area contributed by atoms with Gasteiger partial charge in [-0.1, -0.05) is 12.1 Å². The van der Waals surface area contributed by atoms with Crippen LogP contribution in [0.2, 0.25) is 0 Å². The van der Waals surface area contributed by atoms with Crippen LogP contribution in [0.5, 0.6) is 11.5 Å². The molecule has 9 heteroatoms. The quantitative estimate of drug-likeness (QED) is 0.212. The van der Waals surface area contributed by atoms with Crippen molar-refractivity contribution >= 4 is 39.4 Å². The molecule has 40 heavy (non-hydrogen) atoms. The minimum absolute atomic E-state index is 0.0845. The number of benzene rings is 3. The first kappa shape index (κ1) is 25.1. The molecule has 4 aromatic rings. The molecule has 1 aliphatic heterocycles. The fraction of sp³-hybridized carbons (Fsp3) is 0.161. The molecule has 6 rings (SSSR count). The standard InChI is InChI=1S/C31H26N4O5/c1-39-30-18-21(9-12-28(30)35(37)38)20-8-10-23-26(17-20)33-25-11-7-19(16-27(25)34-31(23)36)13-15-40-29-6-2-5-24-22(29)4-3-14-32-24/h2-7,9,11-12,14,16-18,33H,8,10,13,15H2,1H3,(H,34,36). The minimum Gasteiger partial charge on any atom is -0.493 e. The highest BCUT2D eigenvalue weighted by Crippen LogP contribution is 2.38. The van der Waals surface area contributed by atoms with E-state index in [2.05, 4.69) is 15.6 Å². The summed E-state index contributed by atoms with van der Waals surface area (Å²) in [7, 11) is 1.41. The Bertz CT molecular complexity index is 1720. The van der Waals surface area contributed by atoms with E-state index in [0.29, 0.717) is 37.1 Å². The van der Waals surface area contributed by atoms with Crippen molar-refractivity contribution in [2.45, 2.75) is 19.3 Å². The van der Waals surface area contributed by atoms with Crippen LogP contribution in [-0.4, -0.2) is 29.5 Å². The lowest BCUT2D eigenvalue weighted by Crippen LogP contribution is -2.17. The Morgan fingerprint density at radius 1 is 0.975 bits per heavy atom. The number of carbonyl (C=O) groups is 1. The fourth-order valence-electron chi connectivity index (χ4n) is 5.11. The molecule has 0 saturated heterocycles. The van der Waals surface area contributed by atoms with Crippen molar-refractivity contribution in [3.05, 3.63) is 112 Å². The highest BCUT2D eigenvalue weighted by Gasteiger charge is 2.26. The molecule has 9 nitrogen and oxygen atoms in total. The van der Waals surface area contributed by atoms with Gasteiger partial charge in [-0.15, -0.1) is 0 Å². The number of nitrogens with one attached hydrogen (secondary N) is 2. The number of carbonyl (C=O) groups excluding carboxylic acids is 1. The van der Waals surface area contributed by atoms with Crippen molar-refractivity contribution in [3.63, 3.8) is 0 Å². The second-order valence-corrected chi connectivity index (χ2v) is 9.59. The smallest absolute Gasteiger partial charge is 0.310 e. The Morgan fingerprint density at radius 3 is 2.73 bits per heavy atom. The number of nitro benzene ring substituents is 1. The van der Waals surface area contributed by atoms with Crippen LogP contribution in [0.1, 0.15) is 24.0 Å². The molecular weight excluding hydrogens is 508 g/mol. The zero-order chi connectivity index (χ0) is 27.6. The summed E-state index contributed by atoms with van der Waals surface area (Å²) in [5, 5.41) is 18.7. The monoisotopic (exact) mass is 534 g/mol. The molecule has 2 aliphatic rings. The third kappa shape index (κ3) is 4.84. The first-order valence-electron chi connectivity index (χ1n) is 12.9. The Kier molecular flexibility index (Phi) is 6.61. The average Bonchev–Trinajstić information content (AvgIpc) is 3.11. The Morgan fingerprint density at radius 2 is 1.88 bits per heavy atom. The number of ether oxygens (including phenoxy) is 2. The summed E-state index contributed by atoms with van der Waals surface area (Å²) in [5.74, 6) is 0.851. The van der Waals surface area contributed by atoms with Gasteiger partial charge in [0.2, 0.25) is 0 Å². The molecule has 1 amide bonds. The molecule has 0 atom stereocenters. The number of nitrogens with zero attached hydrogens (tertiary/aromatic N) is 2. The molecule has 0 spiro atoms. The van der Waals surface area contributed by atoms with Gasteiger partial charge in [0, 0.05) is 35.3 Å². The number of anilines is 2. The third-order valence-corrected chi connectivity index (χ3v) is 7.16. The normalized spacial score (nSPS) is 14.3. The molecule has 0 radical (unpaired) electrons. The summed E-state index contributed by atoms with van der Waals surface area (Å²) in [4.78, 5) is 28.3. The number of nitro groups is 1. The van der Waals surface area contributed by atoms with Crippen LogP contribution in [0.25, 0.3) is 16.5 Å². The van der Waals surface area contributed by atoms with Crippen molar-refractivity contribution in [2.24, 2.45) is 0 Å². The molecule has 2 N–H and O–H groups in total. The van der Waals surface area contributed by atoms with Crippen LogP contribution >= 0.6 is 0 Å². The number of pyridine rings is 1. The van der Waals surface area contributed by atoms with Crippen molar-refractivity contribution < 1.29 is 19.2 Å². The van der Waals surface area contributed by atoms with Gasteiger partial charge in [-0.2, -0.15) is 0 Å². The number of fused-ring (bicyclic) bond motifs is 2. The molecule has 200 valence electrons. The molecule has 0 bridgehead atoms. The second kappa shape index (κ2) is 10.5. The molecule has 0 fully saturated rings. The van der Waals surface area contributed by atoms with Gasteiger partial charge in [-0.25, -0.2) is 0 Å². The van der Waals surface area contributed by atoms with E-state index in [4.69, 9.17) is 9.47 Å². The minimum atomic E-state index is -0.464. The summed E-state index contributed by atoms with van der Waals surface area (Å²) >= 11 is 0. The Hall–Kier alpha value is -5.18. The maximum Gasteiger partial charge on any atom is 0.310 e. The predicted octanol–water partition coefficient (Wildman–Crippen LogP) is 6.27. The Balaban J connectivity index is 1.19. The van der Waals surface area contributed by atoms with Crippen LogP contribution in [-0.2, 0) is 11.2 Å². The highest BCUT2D eigenvalue weighted by atomic mass is 16.6. The topological polar surface area (TPSA) is 116 Å². The lowest BCUT2D eigenvalue weighted by molar-refractivity contribution is -0.385. The van der Waals surface area contributed by atoms with E-state index in [0.717, 1.165) is 44.7 Å². The van der Waals surface area contributed by atoms with E-state index >= 15 is 0 Å². The number of amides is 1. The molecule has 2 heterocycles. The second-order valence-electron chi connectivity index (χ2n) is 9.59. The van der Waals surface area contributed by atoms with Gasteiger partial charge in [-0.3, -0.25) is 19.9 Å². The zero-order valence-corrected chi connectivity index (χ0v) is 21.8. The van der Waals surface area contributed by atoms with E-state index in [1.165, 1.54) is 13.2 Å². The van der Waals surface area contributed by atoms with E-state index in [-0.39, 0.29) is 17.3 Å². The lowest BCUT2D eigenvalue weighted by atomic mass is 9.90. The number of allylic oxidation sites excluding steroid dienone is 2. The lowest BCUT2D eigenvalue weighted by Gasteiger charge is -2.19. The number of aromatic nitrogens is 1. The predicted molar refractivity (Wildman–Crippen MR) is 154 cm³/mol. The summed E-state index contributed by atoms with van der Waals surface area (Å²) < 4.78 is 11.3. The molecule has 1 aromatic heterocycles. The van der Waals surface area contributed by atoms with E-state index in [9.17, 15) is 14.9 Å². The maximum atomic E-state index is 13.1. The molecule has 3 aromatic carbocycles. The van der Waals surface area contributed by atoms with Crippen molar-refractivity contribution in [1.82, 2.24) is 4.98 Å². The fourth-order valence-corrected chi connectivity index (χ4v) is 5.11. The first-order valence-corrected chi connectivity index (χ1v) is 12.9. The van der Waals surface area contributed by atoms with Crippen LogP contribution in [0.15, 0.2) is 90.3 Å². The highest BCUT2D eigenvalue weighted by molar-refractivity contribution is 6.09. The number of methoxy groups -OCH3 is 1. The maximum absolute atomic E-state index is 13.1. The van der Waals surface area contributed by atoms with Gasteiger partial charge in [0.25, 0.3) is 5.91 Å².